The lowest BCUT2D eigenvalue weighted by molar-refractivity contribution is 1.39. The highest BCUT2D eigenvalue weighted by Crippen LogP contribution is 2.20. The summed E-state index contributed by atoms with van der Waals surface area (Å²) in [6, 6.07) is 6.33. The average molecular weight is 161 g/mol. The summed E-state index contributed by atoms with van der Waals surface area (Å²) in [7, 11) is 1.94. The predicted octanol–water partition coefficient (Wildman–Crippen LogP) is 3.07. The molecule has 1 aromatic carbocycles. The molecule has 0 radical (unpaired) electrons. The second-order valence-corrected chi connectivity index (χ2v) is 3.06. The van der Waals surface area contributed by atoms with Gasteiger partial charge in [0.15, 0.2) is 0 Å². The zero-order valence-corrected chi connectivity index (χ0v) is 7.94. The molecule has 0 atom stereocenters. The molecule has 0 unspecified atom stereocenters. The van der Waals surface area contributed by atoms with Crippen LogP contribution in [0.25, 0.3) is 5.57 Å². The Morgan fingerprint density at radius 1 is 1.42 bits per heavy atom. The fraction of sp³-hybridized carbons (Fsp3) is 0.273. The zero-order chi connectivity index (χ0) is 9.14. The van der Waals surface area contributed by atoms with Crippen molar-refractivity contribution in [3.8, 4) is 0 Å². The first-order valence-corrected chi connectivity index (χ1v) is 4.09. The van der Waals surface area contributed by atoms with Crippen molar-refractivity contribution in [3.63, 3.8) is 0 Å². The molecule has 1 nitrogen and oxygen atoms in total. The summed E-state index contributed by atoms with van der Waals surface area (Å²) < 4.78 is 0. The van der Waals surface area contributed by atoms with Crippen LogP contribution in [0.1, 0.15) is 18.1 Å². The van der Waals surface area contributed by atoms with Crippen molar-refractivity contribution < 1.29 is 0 Å². The van der Waals surface area contributed by atoms with E-state index in [1.54, 1.807) is 0 Å². The molecule has 0 aromatic heterocycles. The minimum Gasteiger partial charge on any atom is -0.388 e. The topological polar surface area (TPSA) is 12.0 Å². The average Bonchev–Trinajstić information content (AvgIpc) is 2.05. The van der Waals surface area contributed by atoms with E-state index in [0.29, 0.717) is 0 Å². The smallest absolute Gasteiger partial charge is 0.0373 e. The van der Waals surface area contributed by atoms with Crippen molar-refractivity contribution in [2.45, 2.75) is 13.8 Å². The number of hydrogen-bond acceptors (Lipinski definition) is 1. The molecular weight excluding hydrogens is 146 g/mol. The first kappa shape index (κ1) is 8.85. The number of hydrogen-bond donors (Lipinski definition) is 1. The van der Waals surface area contributed by atoms with E-state index < -0.39 is 0 Å². The van der Waals surface area contributed by atoms with Crippen LogP contribution in [-0.4, -0.2) is 7.05 Å². The third kappa shape index (κ3) is 1.67. The third-order valence-electron chi connectivity index (χ3n) is 2.00. The molecule has 1 rings (SSSR count). The minimum atomic E-state index is 1.10. The Bertz CT molecular complexity index is 300. The zero-order valence-electron chi connectivity index (χ0n) is 7.94. The molecule has 1 heteroatoms. The largest absolute Gasteiger partial charge is 0.388 e. The van der Waals surface area contributed by atoms with E-state index in [1.807, 2.05) is 14.0 Å². The van der Waals surface area contributed by atoms with Gasteiger partial charge in [0.25, 0.3) is 0 Å². The van der Waals surface area contributed by atoms with Gasteiger partial charge in [0.1, 0.15) is 0 Å². The monoisotopic (exact) mass is 161 g/mol. The standard InChI is InChI=1S/C11H15N/c1-8(2)10-6-5-9(3)11(7-10)12-4/h5-7,12H,1H2,2-4H3. The summed E-state index contributed by atoms with van der Waals surface area (Å²) in [5.41, 5.74) is 4.74. The van der Waals surface area contributed by atoms with Crippen molar-refractivity contribution in [2.75, 3.05) is 12.4 Å². The number of benzene rings is 1. The molecule has 0 amide bonds. The Morgan fingerprint density at radius 2 is 2.08 bits per heavy atom. The predicted molar refractivity (Wildman–Crippen MR) is 55.4 cm³/mol. The SMILES string of the molecule is C=C(C)c1ccc(C)c(NC)c1. The molecule has 0 saturated heterocycles. The summed E-state index contributed by atoms with van der Waals surface area (Å²) in [5.74, 6) is 0. The van der Waals surface area contributed by atoms with Crippen molar-refractivity contribution in [3.05, 3.63) is 35.9 Å². The quantitative estimate of drug-likeness (QED) is 0.703. The van der Waals surface area contributed by atoms with Crippen LogP contribution in [0.3, 0.4) is 0 Å². The number of rotatable bonds is 2. The van der Waals surface area contributed by atoms with Gasteiger partial charge in [0.2, 0.25) is 0 Å². The number of aryl methyl sites for hydroxylation is 1. The second kappa shape index (κ2) is 3.44. The Morgan fingerprint density at radius 3 is 2.58 bits per heavy atom. The van der Waals surface area contributed by atoms with Gasteiger partial charge in [-0.25, -0.2) is 0 Å². The molecule has 0 aliphatic carbocycles. The normalized spacial score (nSPS) is 9.58. The van der Waals surface area contributed by atoms with Crippen molar-refractivity contribution in [2.24, 2.45) is 0 Å². The maximum Gasteiger partial charge on any atom is 0.0373 e. The van der Waals surface area contributed by atoms with Gasteiger partial charge < -0.3 is 5.32 Å². The van der Waals surface area contributed by atoms with E-state index in [4.69, 9.17) is 0 Å². The lowest BCUT2D eigenvalue weighted by Crippen LogP contribution is -1.92. The van der Waals surface area contributed by atoms with Crippen LogP contribution < -0.4 is 5.32 Å². The molecule has 12 heavy (non-hydrogen) atoms. The Hall–Kier alpha value is -1.24. The van der Waals surface area contributed by atoms with Gasteiger partial charge >= 0.3 is 0 Å². The number of anilines is 1. The lowest BCUT2D eigenvalue weighted by atomic mass is 10.1. The summed E-state index contributed by atoms with van der Waals surface area (Å²) >= 11 is 0. The van der Waals surface area contributed by atoms with E-state index in [0.717, 1.165) is 5.57 Å². The summed E-state index contributed by atoms with van der Waals surface area (Å²) in [6.07, 6.45) is 0. The van der Waals surface area contributed by atoms with Gasteiger partial charge in [-0.1, -0.05) is 24.3 Å². The highest BCUT2D eigenvalue weighted by Gasteiger charge is 1.97. The van der Waals surface area contributed by atoms with Gasteiger partial charge in [-0.15, -0.1) is 0 Å². The second-order valence-electron chi connectivity index (χ2n) is 3.06. The Balaban J connectivity index is 3.13. The van der Waals surface area contributed by atoms with Crippen LogP contribution in [0.2, 0.25) is 0 Å². The molecular formula is C11H15N. The molecule has 0 aliphatic rings. The summed E-state index contributed by atoms with van der Waals surface area (Å²) in [5, 5.41) is 3.15. The van der Waals surface area contributed by atoms with Gasteiger partial charge in [-0.3, -0.25) is 0 Å². The number of allylic oxidation sites excluding steroid dienone is 1. The van der Waals surface area contributed by atoms with E-state index in [9.17, 15) is 0 Å². The van der Waals surface area contributed by atoms with Gasteiger partial charge in [-0.2, -0.15) is 0 Å². The van der Waals surface area contributed by atoms with E-state index in [1.165, 1.54) is 16.8 Å². The van der Waals surface area contributed by atoms with E-state index >= 15 is 0 Å². The molecule has 0 bridgehead atoms. The van der Waals surface area contributed by atoms with Crippen molar-refractivity contribution in [1.29, 1.82) is 0 Å². The van der Waals surface area contributed by atoms with E-state index in [2.05, 4.69) is 37.0 Å². The lowest BCUT2D eigenvalue weighted by Gasteiger charge is -2.07. The first-order chi connectivity index (χ1) is 5.65. The molecule has 0 saturated carbocycles. The molecule has 64 valence electrons. The molecule has 0 fully saturated rings. The fourth-order valence-corrected chi connectivity index (χ4v) is 1.16. The number of nitrogens with one attached hydrogen (secondary N) is 1. The van der Waals surface area contributed by atoms with Gasteiger partial charge in [0, 0.05) is 12.7 Å². The first-order valence-electron chi connectivity index (χ1n) is 4.09. The highest BCUT2D eigenvalue weighted by atomic mass is 14.8. The Labute approximate surface area is 74.1 Å². The van der Waals surface area contributed by atoms with Crippen LogP contribution in [0, 0.1) is 6.92 Å². The van der Waals surface area contributed by atoms with Crippen LogP contribution in [0.5, 0.6) is 0 Å². The van der Waals surface area contributed by atoms with Crippen molar-refractivity contribution >= 4 is 11.3 Å². The molecule has 0 heterocycles. The van der Waals surface area contributed by atoms with Crippen LogP contribution in [0.15, 0.2) is 24.8 Å². The maximum absolute atomic E-state index is 3.90. The van der Waals surface area contributed by atoms with Crippen LogP contribution in [-0.2, 0) is 0 Å². The summed E-state index contributed by atoms with van der Waals surface area (Å²) in [4.78, 5) is 0. The van der Waals surface area contributed by atoms with Crippen molar-refractivity contribution in [1.82, 2.24) is 0 Å². The van der Waals surface area contributed by atoms with Gasteiger partial charge in [0.05, 0.1) is 0 Å². The maximum atomic E-state index is 3.90. The molecule has 1 N–H and O–H groups in total. The van der Waals surface area contributed by atoms with Gasteiger partial charge in [-0.05, 0) is 31.0 Å². The third-order valence-corrected chi connectivity index (χ3v) is 2.00. The Kier molecular flexibility index (Phi) is 2.54. The molecule has 0 aliphatic heterocycles. The van der Waals surface area contributed by atoms with E-state index in [-0.39, 0.29) is 0 Å². The van der Waals surface area contributed by atoms with Crippen LogP contribution >= 0.6 is 0 Å². The molecule has 0 spiro atoms. The minimum absolute atomic E-state index is 1.10. The summed E-state index contributed by atoms with van der Waals surface area (Å²) in [6.45, 7) is 8.01. The van der Waals surface area contributed by atoms with Crippen LogP contribution in [0.4, 0.5) is 5.69 Å². The molecule has 1 aromatic rings. The fourth-order valence-electron chi connectivity index (χ4n) is 1.16. The highest BCUT2D eigenvalue weighted by molar-refractivity contribution is 5.67.